The van der Waals surface area contributed by atoms with Crippen LogP contribution >= 0.6 is 0 Å². The Morgan fingerprint density at radius 2 is 2.00 bits per heavy atom. The number of H-pyrrole nitrogens is 1. The number of fused-ring (bicyclic) bond motifs is 1. The summed E-state index contributed by atoms with van der Waals surface area (Å²) < 4.78 is 39.2. The van der Waals surface area contributed by atoms with Crippen LogP contribution in [0.15, 0.2) is 24.3 Å². The number of aldehydes is 1. The molecular formula is C13H11F3N2O2. The Bertz CT molecular complexity index is 661. The molecule has 0 aliphatic rings. The lowest BCUT2D eigenvalue weighted by atomic mass is 10.1. The predicted molar refractivity (Wildman–Crippen MR) is 66.3 cm³/mol. The topological polar surface area (TPSA) is 62.0 Å². The summed E-state index contributed by atoms with van der Waals surface area (Å²) in [5.41, 5.74) is -0.0511. The third-order valence-electron chi connectivity index (χ3n) is 2.86. The van der Waals surface area contributed by atoms with Crippen molar-refractivity contribution < 1.29 is 22.8 Å². The van der Waals surface area contributed by atoms with Crippen LogP contribution in [-0.2, 0) is 4.79 Å². The molecule has 106 valence electrons. The van der Waals surface area contributed by atoms with Gasteiger partial charge in [0.05, 0.1) is 5.69 Å². The van der Waals surface area contributed by atoms with Crippen LogP contribution in [0, 0.1) is 0 Å². The van der Waals surface area contributed by atoms with Crippen molar-refractivity contribution in [1.82, 2.24) is 10.3 Å². The van der Waals surface area contributed by atoms with Gasteiger partial charge in [-0.1, -0.05) is 18.2 Å². The Balaban J connectivity index is 2.64. The molecule has 1 aromatic carbocycles. The first-order valence-corrected chi connectivity index (χ1v) is 5.74. The molecule has 0 aliphatic heterocycles. The number of halogens is 3. The molecule has 4 nitrogen and oxygen atoms in total. The minimum atomic E-state index is -4.70. The molecule has 0 aliphatic carbocycles. The minimum Gasteiger partial charge on any atom is -0.356 e. The van der Waals surface area contributed by atoms with E-state index < -0.39 is 18.1 Å². The number of alkyl halides is 3. The normalized spacial score (nSPS) is 13.2. The van der Waals surface area contributed by atoms with Gasteiger partial charge >= 0.3 is 6.18 Å². The van der Waals surface area contributed by atoms with Crippen LogP contribution in [0.1, 0.15) is 29.0 Å². The summed E-state index contributed by atoms with van der Waals surface area (Å²) in [4.78, 5) is 24.7. The molecule has 0 saturated carbocycles. The fraction of sp³-hybridized carbons (Fsp3) is 0.231. The Kier molecular flexibility index (Phi) is 3.52. The fourth-order valence-corrected chi connectivity index (χ4v) is 2.06. The van der Waals surface area contributed by atoms with E-state index >= 15 is 0 Å². The first kappa shape index (κ1) is 14.1. The number of carbonyl (C=O) groups excluding carboxylic acids is 2. The van der Waals surface area contributed by atoms with Gasteiger partial charge < -0.3 is 10.3 Å². The predicted octanol–water partition coefficient (Wildman–Crippen LogP) is 2.72. The standard InChI is InChI=1S/C13H11F3N2O2/c1-7(20)17-12(13(14,15)16)11-9(6-19)8-4-2-3-5-10(8)18-11/h2-6,12,18H,1H3,(H,17,20). The van der Waals surface area contributed by atoms with Crippen LogP contribution in [0.25, 0.3) is 10.9 Å². The average molecular weight is 284 g/mol. The van der Waals surface area contributed by atoms with Gasteiger partial charge in [0.1, 0.15) is 0 Å². The third-order valence-corrected chi connectivity index (χ3v) is 2.86. The van der Waals surface area contributed by atoms with E-state index in [0.29, 0.717) is 17.2 Å². The number of hydrogen-bond acceptors (Lipinski definition) is 2. The van der Waals surface area contributed by atoms with Crippen LogP contribution in [0.5, 0.6) is 0 Å². The van der Waals surface area contributed by atoms with E-state index in [1.807, 2.05) is 5.32 Å². The number of aromatic amines is 1. The summed E-state index contributed by atoms with van der Waals surface area (Å²) in [5, 5.41) is 2.20. The Morgan fingerprint density at radius 1 is 1.35 bits per heavy atom. The highest BCUT2D eigenvalue weighted by Gasteiger charge is 2.43. The van der Waals surface area contributed by atoms with E-state index in [9.17, 15) is 22.8 Å². The zero-order valence-corrected chi connectivity index (χ0v) is 10.4. The number of aromatic nitrogens is 1. The number of para-hydroxylation sites is 1. The summed E-state index contributed by atoms with van der Waals surface area (Å²) in [6.07, 6.45) is -4.35. The smallest absolute Gasteiger partial charge is 0.356 e. The van der Waals surface area contributed by atoms with Crippen molar-refractivity contribution in [3.8, 4) is 0 Å². The molecule has 2 N–H and O–H groups in total. The number of hydrogen-bond donors (Lipinski definition) is 2. The number of carbonyl (C=O) groups is 2. The van der Waals surface area contributed by atoms with Crippen molar-refractivity contribution in [1.29, 1.82) is 0 Å². The van der Waals surface area contributed by atoms with E-state index in [1.54, 1.807) is 24.3 Å². The molecule has 0 fully saturated rings. The molecule has 7 heteroatoms. The second-order valence-electron chi connectivity index (χ2n) is 4.29. The van der Waals surface area contributed by atoms with Gasteiger partial charge in [-0.05, 0) is 6.07 Å². The zero-order chi connectivity index (χ0) is 14.9. The molecule has 1 atom stereocenters. The van der Waals surface area contributed by atoms with Crippen LogP contribution in [0.2, 0.25) is 0 Å². The van der Waals surface area contributed by atoms with Crippen molar-refractivity contribution in [2.75, 3.05) is 0 Å². The van der Waals surface area contributed by atoms with Crippen molar-refractivity contribution >= 4 is 23.1 Å². The van der Waals surface area contributed by atoms with Crippen molar-refractivity contribution in [3.63, 3.8) is 0 Å². The van der Waals surface area contributed by atoms with Gasteiger partial charge in [0.2, 0.25) is 5.91 Å². The fourth-order valence-electron chi connectivity index (χ4n) is 2.06. The molecule has 1 amide bonds. The van der Waals surface area contributed by atoms with Gasteiger partial charge in [0.25, 0.3) is 0 Å². The highest BCUT2D eigenvalue weighted by molar-refractivity contribution is 5.99. The summed E-state index contributed by atoms with van der Waals surface area (Å²) in [7, 11) is 0. The molecule has 1 heterocycles. The van der Waals surface area contributed by atoms with Crippen LogP contribution < -0.4 is 5.32 Å². The van der Waals surface area contributed by atoms with Crippen LogP contribution in [0.3, 0.4) is 0 Å². The van der Waals surface area contributed by atoms with Gasteiger partial charge in [-0.25, -0.2) is 0 Å². The molecular weight excluding hydrogens is 273 g/mol. The van der Waals surface area contributed by atoms with Gasteiger partial charge in [-0.3, -0.25) is 9.59 Å². The summed E-state index contributed by atoms with van der Waals surface area (Å²) in [5.74, 6) is -0.831. The number of benzene rings is 1. The Hall–Kier alpha value is -2.31. The van der Waals surface area contributed by atoms with E-state index in [1.165, 1.54) is 0 Å². The molecule has 0 radical (unpaired) electrons. The molecule has 1 aromatic heterocycles. The molecule has 1 unspecified atom stereocenters. The maximum atomic E-state index is 13.1. The van der Waals surface area contributed by atoms with Gasteiger partial charge in [-0.15, -0.1) is 0 Å². The largest absolute Gasteiger partial charge is 0.414 e. The number of rotatable bonds is 3. The van der Waals surface area contributed by atoms with E-state index in [4.69, 9.17) is 0 Å². The lowest BCUT2D eigenvalue weighted by molar-refractivity contribution is -0.163. The van der Waals surface area contributed by atoms with Crippen LogP contribution in [0.4, 0.5) is 13.2 Å². The molecule has 0 saturated heterocycles. The summed E-state index contributed by atoms with van der Waals surface area (Å²) >= 11 is 0. The maximum absolute atomic E-state index is 13.1. The number of nitrogens with one attached hydrogen (secondary N) is 2. The number of amides is 1. The van der Waals surface area contributed by atoms with E-state index in [0.717, 1.165) is 6.92 Å². The first-order valence-electron chi connectivity index (χ1n) is 5.74. The first-order chi connectivity index (χ1) is 9.34. The monoisotopic (exact) mass is 284 g/mol. The van der Waals surface area contributed by atoms with Crippen molar-refractivity contribution in [2.45, 2.75) is 19.1 Å². The van der Waals surface area contributed by atoms with E-state index in [2.05, 4.69) is 4.98 Å². The quantitative estimate of drug-likeness (QED) is 0.851. The highest BCUT2D eigenvalue weighted by atomic mass is 19.4. The van der Waals surface area contributed by atoms with Crippen molar-refractivity contribution in [2.24, 2.45) is 0 Å². The Labute approximate surface area is 112 Å². The van der Waals surface area contributed by atoms with Gasteiger partial charge in [0.15, 0.2) is 12.3 Å². The lowest BCUT2D eigenvalue weighted by Gasteiger charge is -2.20. The summed E-state index contributed by atoms with van der Waals surface area (Å²) in [6, 6.07) is 4.12. The van der Waals surface area contributed by atoms with Gasteiger partial charge in [-0.2, -0.15) is 13.2 Å². The SMILES string of the molecule is CC(=O)NC(c1[nH]c2ccccc2c1C=O)C(F)(F)F. The second-order valence-corrected chi connectivity index (χ2v) is 4.29. The molecule has 20 heavy (non-hydrogen) atoms. The van der Waals surface area contributed by atoms with Crippen LogP contribution in [-0.4, -0.2) is 23.4 Å². The summed E-state index contributed by atoms with van der Waals surface area (Å²) in [6.45, 7) is 0.988. The maximum Gasteiger partial charge on any atom is 0.414 e. The Morgan fingerprint density at radius 3 is 2.55 bits per heavy atom. The molecule has 2 aromatic rings. The van der Waals surface area contributed by atoms with Gasteiger partial charge in [0, 0.05) is 23.4 Å². The van der Waals surface area contributed by atoms with Crippen molar-refractivity contribution in [3.05, 3.63) is 35.5 Å². The van der Waals surface area contributed by atoms with E-state index in [-0.39, 0.29) is 11.3 Å². The lowest BCUT2D eigenvalue weighted by Crippen LogP contribution is -2.37. The highest BCUT2D eigenvalue weighted by Crippen LogP contribution is 2.36. The minimum absolute atomic E-state index is 0.100. The molecule has 0 spiro atoms. The molecule has 0 bridgehead atoms. The zero-order valence-electron chi connectivity index (χ0n) is 10.4. The third kappa shape index (κ3) is 2.52. The molecule has 2 rings (SSSR count). The average Bonchev–Trinajstić information content (AvgIpc) is 2.72. The second kappa shape index (κ2) is 4.99.